The molecular weight excluding hydrogens is 366 g/mol. The molecule has 0 aliphatic carbocycles. The van der Waals surface area contributed by atoms with Crippen molar-refractivity contribution >= 4 is 11.9 Å². The fourth-order valence-corrected chi connectivity index (χ4v) is 3.56. The van der Waals surface area contributed by atoms with Gasteiger partial charge in [-0.05, 0) is 6.42 Å². The molecule has 0 fully saturated rings. The van der Waals surface area contributed by atoms with E-state index in [-0.39, 0.29) is 19.4 Å². The van der Waals surface area contributed by atoms with Crippen LogP contribution in [0.5, 0.6) is 0 Å². The van der Waals surface area contributed by atoms with Gasteiger partial charge in [-0.25, -0.2) is 0 Å². The summed E-state index contributed by atoms with van der Waals surface area (Å²) in [6.07, 6.45) is 16.2. The van der Waals surface area contributed by atoms with Crippen LogP contribution >= 0.6 is 0 Å². The number of aliphatic carboxylic acids is 1. The van der Waals surface area contributed by atoms with E-state index in [4.69, 9.17) is 14.0 Å². The van der Waals surface area contributed by atoms with Crippen molar-refractivity contribution in [3.63, 3.8) is 0 Å². The van der Waals surface area contributed by atoms with Gasteiger partial charge in [-0.2, -0.15) is 0 Å². The average Bonchev–Trinajstić information content (AvgIpc) is 2.66. The highest BCUT2D eigenvalue weighted by atomic mass is 16.5. The average molecular weight is 418 g/mol. The van der Waals surface area contributed by atoms with Gasteiger partial charge in [-0.15, -0.1) is 0 Å². The smallest absolute Gasteiger partial charge is 0.307 e. The zero-order chi connectivity index (χ0) is 24.5. The Morgan fingerprint density at radius 2 is 1.31 bits per heavy atom. The number of quaternary nitrogens is 1. The second-order valence-electron chi connectivity index (χ2n) is 8.92. The van der Waals surface area contributed by atoms with E-state index >= 15 is 0 Å². The lowest BCUT2D eigenvalue weighted by Gasteiger charge is -2.28. The lowest BCUT2D eigenvalue weighted by atomic mass is 10.0. The largest absolute Gasteiger partial charge is 0.481 e. The molecule has 0 aromatic rings. The number of hydrogen-bond acceptors (Lipinski definition) is 3. The molecule has 29 heavy (non-hydrogen) atoms. The van der Waals surface area contributed by atoms with Gasteiger partial charge < -0.3 is 14.3 Å². The molecular formula is C24H48NO4+. The minimum absolute atomic E-state index is 0.0622. The van der Waals surface area contributed by atoms with Crippen molar-refractivity contribution in [3.05, 3.63) is 0 Å². The maximum atomic E-state index is 12.1. The minimum atomic E-state index is -2.31. The first-order valence-electron chi connectivity index (χ1n) is 13.2. The van der Waals surface area contributed by atoms with E-state index in [0.29, 0.717) is 6.42 Å². The number of nitrogens with zero attached hydrogens (tertiary/aromatic N) is 1. The number of likely N-dealkylation sites (N-methyl/N-ethyl adjacent to an activating group) is 1. The highest BCUT2D eigenvalue weighted by Gasteiger charge is 2.24. The number of esters is 1. The monoisotopic (exact) mass is 417 g/mol. The molecule has 0 aliphatic rings. The molecule has 0 spiro atoms. The molecule has 5 nitrogen and oxygen atoms in total. The van der Waals surface area contributed by atoms with Crippen LogP contribution in [0.25, 0.3) is 0 Å². The van der Waals surface area contributed by atoms with Crippen molar-refractivity contribution in [2.45, 2.75) is 116 Å². The van der Waals surface area contributed by atoms with Crippen molar-refractivity contribution in [1.29, 1.82) is 0 Å². The summed E-state index contributed by atoms with van der Waals surface area (Å²) < 4.78 is 27.7. The van der Waals surface area contributed by atoms with Crippen LogP contribution < -0.4 is 0 Å². The standard InChI is InChI=1S/C24H47NO4/c1-5-6-7-8-9-10-11-12-13-14-15-16-17-18-19-24(28)29-22(20-23(26)27)21-25(2,3)4/h22H,5-21H2,1-4H3/p+1/t22-/m1/s1/i2D3. The second-order valence-corrected chi connectivity index (χ2v) is 8.92. The van der Waals surface area contributed by atoms with Gasteiger partial charge in [0.1, 0.15) is 6.54 Å². The van der Waals surface area contributed by atoms with E-state index in [9.17, 15) is 9.59 Å². The lowest BCUT2D eigenvalue weighted by molar-refractivity contribution is -0.873. The third kappa shape index (κ3) is 21.4. The van der Waals surface area contributed by atoms with Crippen LogP contribution in [-0.4, -0.2) is 55.2 Å². The van der Waals surface area contributed by atoms with E-state index in [0.717, 1.165) is 12.8 Å². The normalized spacial score (nSPS) is 14.7. The van der Waals surface area contributed by atoms with E-state index in [1.54, 1.807) is 0 Å². The summed E-state index contributed by atoms with van der Waals surface area (Å²) in [7, 11) is 2.98. The van der Waals surface area contributed by atoms with E-state index in [1.807, 2.05) is 0 Å². The van der Waals surface area contributed by atoms with E-state index in [1.165, 1.54) is 84.7 Å². The summed E-state index contributed by atoms with van der Waals surface area (Å²) >= 11 is 0. The summed E-state index contributed by atoms with van der Waals surface area (Å²) in [6, 6.07) is 0. The maximum Gasteiger partial charge on any atom is 0.307 e. The van der Waals surface area contributed by atoms with Crippen molar-refractivity contribution < 1.29 is 28.0 Å². The number of rotatable bonds is 20. The molecule has 0 amide bonds. The third-order valence-electron chi connectivity index (χ3n) is 5.09. The molecule has 0 saturated heterocycles. The van der Waals surface area contributed by atoms with Crippen LogP contribution in [0.2, 0.25) is 0 Å². The van der Waals surface area contributed by atoms with Gasteiger partial charge in [0.2, 0.25) is 0 Å². The summed E-state index contributed by atoms with van der Waals surface area (Å²) in [6.45, 7) is -0.125. The van der Waals surface area contributed by atoms with Crippen molar-refractivity contribution in [3.8, 4) is 0 Å². The molecule has 1 atom stereocenters. The summed E-state index contributed by atoms with van der Waals surface area (Å²) in [5.41, 5.74) is 0. The summed E-state index contributed by atoms with van der Waals surface area (Å²) in [5, 5.41) is 9.07. The van der Waals surface area contributed by atoms with Crippen LogP contribution in [0, 0.1) is 0 Å². The molecule has 5 heteroatoms. The predicted octanol–water partition coefficient (Wildman–Crippen LogP) is 5.95. The minimum Gasteiger partial charge on any atom is -0.481 e. The van der Waals surface area contributed by atoms with Crippen molar-refractivity contribution in [1.82, 2.24) is 0 Å². The first-order valence-corrected chi connectivity index (χ1v) is 11.7. The number of carboxylic acid groups (broad SMARTS) is 1. The van der Waals surface area contributed by atoms with Crippen LogP contribution in [0.1, 0.15) is 114 Å². The van der Waals surface area contributed by atoms with E-state index < -0.39 is 29.5 Å². The topological polar surface area (TPSA) is 63.6 Å². The Bertz CT molecular complexity index is 510. The second kappa shape index (κ2) is 17.7. The third-order valence-corrected chi connectivity index (χ3v) is 5.09. The van der Waals surface area contributed by atoms with Gasteiger partial charge >= 0.3 is 11.9 Å². The Kier molecular flexibility index (Phi) is 13.8. The van der Waals surface area contributed by atoms with Crippen LogP contribution in [0.15, 0.2) is 0 Å². The molecule has 0 saturated carbocycles. The molecule has 0 rings (SSSR count). The fraction of sp³-hybridized carbons (Fsp3) is 0.917. The Labute approximate surface area is 184 Å². The molecule has 0 aliphatic heterocycles. The zero-order valence-electron chi connectivity index (χ0n) is 22.2. The first-order chi connectivity index (χ1) is 15.0. The number of ether oxygens (including phenoxy) is 1. The Morgan fingerprint density at radius 1 is 0.862 bits per heavy atom. The maximum absolute atomic E-state index is 12.1. The SMILES string of the molecule is [2H]C([2H])([2H])[N+](C)(C)C[C@@H](CC(=O)O)OC(=O)CCCCCCCCCCCCCCCC. The highest BCUT2D eigenvalue weighted by molar-refractivity contribution is 5.71. The number of carbonyl (C=O) groups excluding carboxylic acids is 1. The number of carbonyl (C=O) groups is 2. The molecule has 0 aromatic heterocycles. The Morgan fingerprint density at radius 3 is 1.72 bits per heavy atom. The van der Waals surface area contributed by atoms with Gasteiger partial charge in [-0.1, -0.05) is 90.4 Å². The Balaban J connectivity index is 3.88. The zero-order valence-corrected chi connectivity index (χ0v) is 19.2. The van der Waals surface area contributed by atoms with Gasteiger partial charge in [0, 0.05) is 6.42 Å². The highest BCUT2D eigenvalue weighted by Crippen LogP contribution is 2.14. The van der Waals surface area contributed by atoms with Gasteiger partial charge in [-0.3, -0.25) is 9.59 Å². The number of hydrogen-bond donors (Lipinski definition) is 1. The summed E-state index contributed by atoms with van der Waals surface area (Å²) in [4.78, 5) is 23.2. The first kappa shape index (κ1) is 22.6. The van der Waals surface area contributed by atoms with Gasteiger partial charge in [0.15, 0.2) is 6.10 Å². The molecule has 0 radical (unpaired) electrons. The number of unbranched alkanes of at least 4 members (excludes halogenated alkanes) is 13. The van der Waals surface area contributed by atoms with Crippen molar-refractivity contribution in [2.24, 2.45) is 0 Å². The quantitative estimate of drug-likeness (QED) is 0.151. The van der Waals surface area contributed by atoms with Gasteiger partial charge in [0.25, 0.3) is 0 Å². The van der Waals surface area contributed by atoms with Crippen LogP contribution in [0.3, 0.4) is 0 Å². The van der Waals surface area contributed by atoms with Crippen molar-refractivity contribution in [2.75, 3.05) is 27.6 Å². The van der Waals surface area contributed by atoms with Crippen LogP contribution in [0.4, 0.5) is 0 Å². The predicted molar refractivity (Wildman–Crippen MR) is 120 cm³/mol. The molecule has 172 valence electrons. The van der Waals surface area contributed by atoms with Gasteiger partial charge in [0.05, 0.1) is 31.6 Å². The fourth-order valence-electron chi connectivity index (χ4n) is 3.56. The Hall–Kier alpha value is -1.10. The molecule has 0 aromatic carbocycles. The van der Waals surface area contributed by atoms with Crippen LogP contribution in [-0.2, 0) is 14.3 Å². The molecule has 0 bridgehead atoms. The molecule has 0 unspecified atom stereocenters. The number of carboxylic acids is 1. The lowest BCUT2D eigenvalue weighted by Crippen LogP contribution is -2.43. The summed E-state index contributed by atoms with van der Waals surface area (Å²) in [5.74, 6) is -1.55. The molecule has 0 heterocycles. The van der Waals surface area contributed by atoms with E-state index in [2.05, 4.69) is 6.92 Å². The molecule has 1 N–H and O–H groups in total.